The Balaban J connectivity index is 1.91. The summed E-state index contributed by atoms with van der Waals surface area (Å²) in [6, 6.07) is 6.03. The number of anilines is 1. The molecule has 0 aliphatic carbocycles. The zero-order valence-electron chi connectivity index (χ0n) is 11.3. The van der Waals surface area contributed by atoms with E-state index in [2.05, 4.69) is 20.3 Å². The Morgan fingerprint density at radius 1 is 1.36 bits per heavy atom. The number of rotatable bonds is 7. The SMILES string of the molecule is CSc1nnc(SCC(=O)Nc2ccccc2OC(F)F)s1. The number of alkyl halides is 2. The summed E-state index contributed by atoms with van der Waals surface area (Å²) in [6.45, 7) is -2.95. The molecule has 0 aliphatic heterocycles. The Bertz CT molecular complexity index is 640. The van der Waals surface area contributed by atoms with Crippen LogP contribution in [0.4, 0.5) is 14.5 Å². The first-order chi connectivity index (χ1) is 10.6. The van der Waals surface area contributed by atoms with Gasteiger partial charge in [-0.1, -0.05) is 47.0 Å². The molecule has 5 nitrogen and oxygen atoms in total. The summed E-state index contributed by atoms with van der Waals surface area (Å²) < 4.78 is 30.4. The molecule has 1 heterocycles. The van der Waals surface area contributed by atoms with Gasteiger partial charge in [-0.15, -0.1) is 10.2 Å². The Morgan fingerprint density at radius 2 is 2.09 bits per heavy atom. The molecule has 1 amide bonds. The van der Waals surface area contributed by atoms with Gasteiger partial charge < -0.3 is 10.1 Å². The third-order valence-corrected chi connectivity index (χ3v) is 5.30. The van der Waals surface area contributed by atoms with Crippen LogP contribution in [0.15, 0.2) is 32.9 Å². The highest BCUT2D eigenvalue weighted by Crippen LogP contribution is 2.28. The molecule has 10 heteroatoms. The van der Waals surface area contributed by atoms with Crippen molar-refractivity contribution in [3.8, 4) is 5.75 Å². The minimum absolute atomic E-state index is 0.0727. The molecule has 0 radical (unpaired) electrons. The number of thioether (sulfide) groups is 2. The van der Waals surface area contributed by atoms with E-state index >= 15 is 0 Å². The number of halogens is 2. The molecule has 0 saturated carbocycles. The summed E-state index contributed by atoms with van der Waals surface area (Å²) in [4.78, 5) is 11.9. The van der Waals surface area contributed by atoms with Crippen molar-refractivity contribution in [2.75, 3.05) is 17.3 Å². The van der Waals surface area contributed by atoms with E-state index in [4.69, 9.17) is 0 Å². The highest BCUT2D eigenvalue weighted by Gasteiger charge is 2.12. The predicted molar refractivity (Wildman–Crippen MR) is 84.1 cm³/mol. The van der Waals surface area contributed by atoms with Crippen LogP contribution in [0.5, 0.6) is 5.75 Å². The Labute approximate surface area is 137 Å². The van der Waals surface area contributed by atoms with Crippen molar-refractivity contribution in [1.82, 2.24) is 10.2 Å². The molecule has 0 bridgehead atoms. The lowest BCUT2D eigenvalue weighted by atomic mass is 10.3. The van der Waals surface area contributed by atoms with E-state index in [0.29, 0.717) is 4.34 Å². The maximum atomic E-state index is 12.3. The molecule has 1 aromatic carbocycles. The van der Waals surface area contributed by atoms with Crippen LogP contribution in [-0.2, 0) is 4.79 Å². The predicted octanol–water partition coefficient (Wildman–Crippen LogP) is 3.59. The number of ether oxygens (including phenoxy) is 1. The normalized spacial score (nSPS) is 10.7. The van der Waals surface area contributed by atoms with Crippen LogP contribution < -0.4 is 10.1 Å². The van der Waals surface area contributed by atoms with Gasteiger partial charge in [0.05, 0.1) is 11.4 Å². The smallest absolute Gasteiger partial charge is 0.387 e. The van der Waals surface area contributed by atoms with E-state index in [0.717, 1.165) is 4.34 Å². The molecular weight excluding hydrogens is 352 g/mol. The first kappa shape index (κ1) is 17.0. The summed E-state index contributed by atoms with van der Waals surface area (Å²) in [6.07, 6.45) is 1.89. The van der Waals surface area contributed by atoms with Crippen LogP contribution in [0, 0.1) is 0 Å². The van der Waals surface area contributed by atoms with Crippen LogP contribution in [0.1, 0.15) is 0 Å². The van der Waals surface area contributed by atoms with E-state index in [9.17, 15) is 13.6 Å². The lowest BCUT2D eigenvalue weighted by molar-refractivity contribution is -0.113. The minimum atomic E-state index is -2.95. The molecule has 2 aromatic rings. The number of aromatic nitrogens is 2. The molecule has 1 aromatic heterocycles. The van der Waals surface area contributed by atoms with E-state index in [1.807, 2.05) is 6.26 Å². The van der Waals surface area contributed by atoms with Crippen LogP contribution in [0.3, 0.4) is 0 Å². The lowest BCUT2D eigenvalue weighted by Crippen LogP contribution is -2.15. The summed E-state index contributed by atoms with van der Waals surface area (Å²) in [7, 11) is 0. The topological polar surface area (TPSA) is 64.1 Å². The van der Waals surface area contributed by atoms with Gasteiger partial charge in [0.15, 0.2) is 8.68 Å². The number of carbonyl (C=O) groups is 1. The first-order valence-corrected chi connectivity index (χ1v) is 8.95. The van der Waals surface area contributed by atoms with Gasteiger partial charge >= 0.3 is 6.61 Å². The zero-order valence-corrected chi connectivity index (χ0v) is 13.7. The average molecular weight is 363 g/mol. The molecule has 118 valence electrons. The highest BCUT2D eigenvalue weighted by atomic mass is 32.2. The van der Waals surface area contributed by atoms with Crippen LogP contribution >= 0.6 is 34.9 Å². The van der Waals surface area contributed by atoms with Gasteiger partial charge in [0.25, 0.3) is 0 Å². The molecule has 0 spiro atoms. The van der Waals surface area contributed by atoms with Crippen LogP contribution in [0.2, 0.25) is 0 Å². The zero-order chi connectivity index (χ0) is 15.9. The molecule has 1 N–H and O–H groups in total. The number of carbonyl (C=O) groups excluding carboxylic acids is 1. The molecule has 0 saturated heterocycles. The van der Waals surface area contributed by atoms with Crippen molar-refractivity contribution in [1.29, 1.82) is 0 Å². The summed E-state index contributed by atoms with van der Waals surface area (Å²) in [5, 5.41) is 10.4. The number of para-hydroxylation sites is 2. The van der Waals surface area contributed by atoms with Crippen molar-refractivity contribution < 1.29 is 18.3 Å². The molecule has 0 atom stereocenters. The van der Waals surface area contributed by atoms with Crippen molar-refractivity contribution in [3.05, 3.63) is 24.3 Å². The maximum absolute atomic E-state index is 12.3. The van der Waals surface area contributed by atoms with Gasteiger partial charge in [0.1, 0.15) is 5.75 Å². The Hall–Kier alpha value is -1.39. The Morgan fingerprint density at radius 3 is 2.77 bits per heavy atom. The van der Waals surface area contributed by atoms with Crippen LogP contribution in [0.25, 0.3) is 0 Å². The third kappa shape index (κ3) is 5.11. The Kier molecular flexibility index (Phi) is 6.40. The lowest BCUT2D eigenvalue weighted by Gasteiger charge is -2.11. The van der Waals surface area contributed by atoms with Gasteiger partial charge in [-0.05, 0) is 18.4 Å². The van der Waals surface area contributed by atoms with Crippen molar-refractivity contribution in [2.45, 2.75) is 15.3 Å². The van der Waals surface area contributed by atoms with Crippen molar-refractivity contribution in [2.24, 2.45) is 0 Å². The van der Waals surface area contributed by atoms with E-state index < -0.39 is 6.61 Å². The van der Waals surface area contributed by atoms with Gasteiger partial charge in [0.2, 0.25) is 5.91 Å². The third-order valence-electron chi connectivity index (χ3n) is 2.27. The molecule has 0 unspecified atom stereocenters. The van der Waals surface area contributed by atoms with E-state index in [1.165, 1.54) is 47.0 Å². The summed E-state index contributed by atoms with van der Waals surface area (Å²) >= 11 is 4.10. The standard InChI is InChI=1S/C12H11F2N3O2S3/c1-20-11-16-17-12(22-11)21-6-9(18)15-7-4-2-3-5-8(7)19-10(13)14/h2-5,10H,6H2,1H3,(H,15,18). The largest absolute Gasteiger partial charge is 0.433 e. The first-order valence-electron chi connectivity index (χ1n) is 5.92. The second kappa shape index (κ2) is 8.30. The number of amides is 1. The minimum Gasteiger partial charge on any atom is -0.433 e. The fourth-order valence-corrected chi connectivity index (χ4v) is 3.66. The van der Waals surface area contributed by atoms with Gasteiger partial charge in [-0.3, -0.25) is 4.79 Å². The van der Waals surface area contributed by atoms with E-state index in [-0.39, 0.29) is 23.1 Å². The van der Waals surface area contributed by atoms with Gasteiger partial charge in [0, 0.05) is 0 Å². The van der Waals surface area contributed by atoms with Crippen molar-refractivity contribution >= 4 is 46.5 Å². The number of hydrogen-bond donors (Lipinski definition) is 1. The number of nitrogens with zero attached hydrogens (tertiary/aromatic N) is 2. The summed E-state index contributed by atoms with van der Waals surface area (Å²) in [5.41, 5.74) is 0.204. The monoisotopic (exact) mass is 363 g/mol. The average Bonchev–Trinajstić information content (AvgIpc) is 2.95. The molecule has 2 rings (SSSR count). The number of benzene rings is 1. The quantitative estimate of drug-likeness (QED) is 0.759. The van der Waals surface area contributed by atoms with E-state index in [1.54, 1.807) is 12.1 Å². The second-order valence-electron chi connectivity index (χ2n) is 3.75. The summed E-state index contributed by atoms with van der Waals surface area (Å²) in [5.74, 6) is -0.306. The fourth-order valence-electron chi connectivity index (χ4n) is 1.42. The van der Waals surface area contributed by atoms with Gasteiger partial charge in [-0.2, -0.15) is 8.78 Å². The molecule has 22 heavy (non-hydrogen) atoms. The van der Waals surface area contributed by atoms with Gasteiger partial charge in [-0.25, -0.2) is 0 Å². The molecule has 0 fully saturated rings. The maximum Gasteiger partial charge on any atom is 0.387 e. The fraction of sp³-hybridized carbons (Fsp3) is 0.250. The van der Waals surface area contributed by atoms with Crippen molar-refractivity contribution in [3.63, 3.8) is 0 Å². The molecule has 0 aliphatic rings. The molecular formula is C12H11F2N3O2S3. The number of hydrogen-bond acceptors (Lipinski definition) is 7. The number of nitrogens with one attached hydrogen (secondary N) is 1. The highest BCUT2D eigenvalue weighted by molar-refractivity contribution is 8.03. The second-order valence-corrected chi connectivity index (χ2v) is 7.00. The van der Waals surface area contributed by atoms with Crippen LogP contribution in [-0.4, -0.2) is 34.7 Å².